The van der Waals surface area contributed by atoms with E-state index in [1.54, 1.807) is 13.6 Å². The van der Waals surface area contributed by atoms with Gasteiger partial charge in [0.2, 0.25) is 13.8 Å². The summed E-state index contributed by atoms with van der Waals surface area (Å²) in [6.45, 7) is 3.80. The molecule has 0 radical (unpaired) electrons. The predicted molar refractivity (Wildman–Crippen MR) is 43.2 cm³/mol. The summed E-state index contributed by atoms with van der Waals surface area (Å²) in [6.07, 6.45) is 1.44. The predicted octanol–water partition coefficient (Wildman–Crippen LogP) is 1.51. The van der Waals surface area contributed by atoms with Crippen molar-refractivity contribution >= 4 is 7.37 Å². The molecular weight excluding hydrogens is 179 g/mol. The molecule has 1 heterocycles. The van der Waals surface area contributed by atoms with Crippen molar-refractivity contribution in [3.63, 3.8) is 0 Å². The lowest BCUT2D eigenvalue weighted by Gasteiger charge is -2.08. The summed E-state index contributed by atoms with van der Waals surface area (Å²) in [7, 11) is -2.57. The molecule has 0 saturated carbocycles. The van der Waals surface area contributed by atoms with Crippen molar-refractivity contribution in [1.82, 2.24) is 10.1 Å². The van der Waals surface area contributed by atoms with Crippen LogP contribution < -0.4 is 0 Å². The van der Waals surface area contributed by atoms with Crippen LogP contribution in [0.25, 0.3) is 0 Å². The summed E-state index contributed by atoms with van der Waals surface area (Å²) in [4.78, 5) is 3.75. The topological polar surface area (TPSA) is 65.2 Å². The van der Waals surface area contributed by atoms with Crippen LogP contribution in [-0.2, 0) is 15.3 Å². The van der Waals surface area contributed by atoms with E-state index in [-0.39, 0.29) is 6.16 Å². The normalized spacial score (nSPS) is 15.8. The highest BCUT2D eigenvalue weighted by Crippen LogP contribution is 2.45. The highest BCUT2D eigenvalue weighted by atomic mass is 31.2. The molecule has 0 aliphatic heterocycles. The minimum atomic E-state index is -2.57. The van der Waals surface area contributed by atoms with Gasteiger partial charge >= 0.3 is 0 Å². The van der Waals surface area contributed by atoms with Gasteiger partial charge in [-0.15, -0.1) is 0 Å². The van der Waals surface area contributed by atoms with Gasteiger partial charge in [-0.05, 0) is 6.92 Å². The molecule has 0 spiro atoms. The fourth-order valence-corrected chi connectivity index (χ4v) is 2.13. The fraction of sp³-hybridized carbons (Fsp3) is 0.667. The van der Waals surface area contributed by atoms with E-state index in [9.17, 15) is 4.57 Å². The van der Waals surface area contributed by atoms with Gasteiger partial charge in [0.1, 0.15) is 0 Å². The van der Waals surface area contributed by atoms with Crippen LogP contribution in [-0.4, -0.2) is 23.4 Å². The van der Waals surface area contributed by atoms with Gasteiger partial charge in [-0.1, -0.05) is 5.16 Å². The average molecular weight is 190 g/mol. The molecule has 12 heavy (non-hydrogen) atoms. The van der Waals surface area contributed by atoms with E-state index in [1.807, 2.05) is 0 Å². The summed E-state index contributed by atoms with van der Waals surface area (Å²) in [5.41, 5.74) is 0. The van der Waals surface area contributed by atoms with Crippen molar-refractivity contribution < 1.29 is 13.6 Å². The molecule has 0 amide bonds. The molecule has 1 aromatic heterocycles. The highest BCUT2D eigenvalue weighted by Gasteiger charge is 2.18. The van der Waals surface area contributed by atoms with Crippen LogP contribution >= 0.6 is 7.37 Å². The van der Waals surface area contributed by atoms with Crippen molar-refractivity contribution in [3.8, 4) is 0 Å². The number of aromatic nitrogens is 2. The lowest BCUT2D eigenvalue weighted by molar-refractivity contribution is 0.335. The molecular formula is C6H11N2O3P. The molecule has 1 rings (SSSR count). The first-order valence-electron chi connectivity index (χ1n) is 3.60. The van der Waals surface area contributed by atoms with Gasteiger partial charge in [0.25, 0.3) is 0 Å². The largest absolute Gasteiger partial charge is 0.343 e. The number of hydrogen-bond donors (Lipinski definition) is 0. The molecule has 1 unspecified atom stereocenters. The summed E-state index contributed by atoms with van der Waals surface area (Å²) in [6, 6.07) is 0. The zero-order valence-corrected chi connectivity index (χ0v) is 7.95. The fourth-order valence-electron chi connectivity index (χ4n) is 0.838. The van der Waals surface area contributed by atoms with E-state index in [0.29, 0.717) is 12.4 Å². The van der Waals surface area contributed by atoms with Gasteiger partial charge in [-0.2, -0.15) is 4.98 Å². The van der Waals surface area contributed by atoms with E-state index in [0.717, 1.165) is 0 Å². The second-order valence-electron chi connectivity index (χ2n) is 2.44. The molecule has 0 fully saturated rings. The zero-order chi connectivity index (χ0) is 9.03. The molecule has 0 saturated heterocycles. The van der Waals surface area contributed by atoms with Crippen molar-refractivity contribution in [2.45, 2.75) is 13.1 Å². The zero-order valence-electron chi connectivity index (χ0n) is 7.06. The Morgan fingerprint density at radius 2 is 2.50 bits per heavy atom. The molecule has 6 heteroatoms. The Hall–Kier alpha value is -0.670. The van der Waals surface area contributed by atoms with Crippen molar-refractivity contribution in [2.75, 3.05) is 13.3 Å². The maximum absolute atomic E-state index is 11.5. The summed E-state index contributed by atoms with van der Waals surface area (Å²) in [5, 5.41) is 3.55. The van der Waals surface area contributed by atoms with Crippen LogP contribution in [0.1, 0.15) is 12.7 Å². The van der Waals surface area contributed by atoms with Gasteiger partial charge in [0.15, 0.2) is 5.82 Å². The van der Waals surface area contributed by atoms with Crippen LogP contribution in [0.5, 0.6) is 0 Å². The van der Waals surface area contributed by atoms with Gasteiger partial charge in [0, 0.05) is 6.66 Å². The van der Waals surface area contributed by atoms with Gasteiger partial charge in [0.05, 0.1) is 12.8 Å². The second-order valence-corrected chi connectivity index (χ2v) is 5.04. The first-order chi connectivity index (χ1) is 5.64. The number of hydrogen-bond acceptors (Lipinski definition) is 5. The van der Waals surface area contributed by atoms with Crippen LogP contribution in [0, 0.1) is 0 Å². The Kier molecular flexibility index (Phi) is 3.00. The average Bonchev–Trinajstić information content (AvgIpc) is 2.38. The van der Waals surface area contributed by atoms with Crippen LogP contribution in [0.2, 0.25) is 0 Å². The number of rotatable bonds is 4. The first-order valence-corrected chi connectivity index (χ1v) is 5.86. The summed E-state index contributed by atoms with van der Waals surface area (Å²) < 4.78 is 21.1. The molecule has 68 valence electrons. The molecule has 0 aliphatic rings. The molecule has 0 N–H and O–H groups in total. The lowest BCUT2D eigenvalue weighted by atomic mass is 10.7. The van der Waals surface area contributed by atoms with Crippen LogP contribution in [0.3, 0.4) is 0 Å². The van der Waals surface area contributed by atoms with E-state index in [2.05, 4.69) is 14.7 Å². The van der Waals surface area contributed by atoms with Crippen LogP contribution in [0.15, 0.2) is 10.9 Å². The molecule has 0 aromatic carbocycles. The van der Waals surface area contributed by atoms with Crippen molar-refractivity contribution in [3.05, 3.63) is 12.2 Å². The second kappa shape index (κ2) is 3.83. The SMILES string of the molecule is CCOP(C)(=O)Cc1ncon1. The minimum absolute atomic E-state index is 0.233. The van der Waals surface area contributed by atoms with E-state index < -0.39 is 7.37 Å². The van der Waals surface area contributed by atoms with E-state index in [4.69, 9.17) is 4.52 Å². The maximum atomic E-state index is 11.5. The Labute approximate surface area is 70.6 Å². The first kappa shape index (κ1) is 9.42. The Balaban J connectivity index is 2.56. The molecule has 1 aromatic rings. The Bertz CT molecular complexity index is 272. The Morgan fingerprint density at radius 3 is 3.00 bits per heavy atom. The monoisotopic (exact) mass is 190 g/mol. The highest BCUT2D eigenvalue weighted by molar-refractivity contribution is 7.57. The summed E-state index contributed by atoms with van der Waals surface area (Å²) >= 11 is 0. The third kappa shape index (κ3) is 2.75. The third-order valence-corrected chi connectivity index (χ3v) is 2.90. The molecule has 0 aliphatic carbocycles. The summed E-state index contributed by atoms with van der Waals surface area (Å²) in [5.74, 6) is 0.425. The molecule has 0 bridgehead atoms. The van der Waals surface area contributed by atoms with Gasteiger partial charge in [-0.3, -0.25) is 4.57 Å². The van der Waals surface area contributed by atoms with Gasteiger partial charge in [-0.25, -0.2) is 0 Å². The Morgan fingerprint density at radius 1 is 1.75 bits per heavy atom. The number of nitrogens with zero attached hydrogens (tertiary/aromatic N) is 2. The van der Waals surface area contributed by atoms with Gasteiger partial charge < -0.3 is 9.05 Å². The third-order valence-electron chi connectivity index (χ3n) is 1.24. The standard InChI is InChI=1S/C6H11N2O3P/c1-3-11-12(2,9)4-6-7-5-10-8-6/h5H,3-4H2,1-2H3. The van der Waals surface area contributed by atoms with E-state index >= 15 is 0 Å². The van der Waals surface area contributed by atoms with E-state index in [1.165, 1.54) is 6.39 Å². The molecule has 5 nitrogen and oxygen atoms in total. The smallest absolute Gasteiger partial charge is 0.213 e. The lowest BCUT2D eigenvalue weighted by Crippen LogP contribution is -1.94. The maximum Gasteiger partial charge on any atom is 0.213 e. The quantitative estimate of drug-likeness (QED) is 0.673. The van der Waals surface area contributed by atoms with Crippen molar-refractivity contribution in [1.29, 1.82) is 0 Å². The minimum Gasteiger partial charge on any atom is -0.343 e. The van der Waals surface area contributed by atoms with Crippen molar-refractivity contribution in [2.24, 2.45) is 0 Å². The molecule has 1 atom stereocenters. The van der Waals surface area contributed by atoms with Crippen LogP contribution in [0.4, 0.5) is 0 Å².